The average molecular weight is 271 g/mol. The molecule has 0 bridgehead atoms. The summed E-state index contributed by atoms with van der Waals surface area (Å²) in [5, 5.41) is 12.3. The Morgan fingerprint density at radius 3 is 2.70 bits per heavy atom. The molecule has 20 heavy (non-hydrogen) atoms. The summed E-state index contributed by atoms with van der Waals surface area (Å²) < 4.78 is 5.31. The van der Waals surface area contributed by atoms with E-state index in [0.29, 0.717) is 12.2 Å². The van der Waals surface area contributed by atoms with Crippen LogP contribution in [0.5, 0.6) is 5.75 Å². The van der Waals surface area contributed by atoms with Crippen LogP contribution < -0.4 is 10.1 Å². The van der Waals surface area contributed by atoms with Gasteiger partial charge in [0.1, 0.15) is 5.75 Å². The van der Waals surface area contributed by atoms with E-state index >= 15 is 0 Å². The third-order valence-corrected chi connectivity index (χ3v) is 3.06. The second-order valence-electron chi connectivity index (χ2n) is 4.52. The predicted molar refractivity (Wildman–Crippen MR) is 78.5 cm³/mol. The van der Waals surface area contributed by atoms with Gasteiger partial charge in [0, 0.05) is 17.8 Å². The van der Waals surface area contributed by atoms with Crippen molar-refractivity contribution in [2.24, 2.45) is 0 Å². The minimum absolute atomic E-state index is 0.263. The molecule has 4 heteroatoms. The van der Waals surface area contributed by atoms with Crippen LogP contribution in [0.1, 0.15) is 21.5 Å². The first kappa shape index (κ1) is 13.9. The SMILES string of the molecule is COc1ccc(C)cc1CNc1ccccc1C(=O)O. The second kappa shape index (κ2) is 6.10. The lowest BCUT2D eigenvalue weighted by atomic mass is 10.1. The zero-order chi connectivity index (χ0) is 14.5. The lowest BCUT2D eigenvalue weighted by Gasteiger charge is -2.13. The minimum atomic E-state index is -0.940. The first-order chi connectivity index (χ1) is 9.61. The number of anilines is 1. The van der Waals surface area contributed by atoms with E-state index in [1.165, 1.54) is 0 Å². The highest BCUT2D eigenvalue weighted by Gasteiger charge is 2.09. The molecule has 0 aliphatic heterocycles. The summed E-state index contributed by atoms with van der Waals surface area (Å²) in [5.74, 6) is -0.153. The quantitative estimate of drug-likeness (QED) is 0.876. The number of aromatic carboxylic acids is 1. The summed E-state index contributed by atoms with van der Waals surface area (Å²) in [6, 6.07) is 12.8. The van der Waals surface area contributed by atoms with Crippen molar-refractivity contribution in [2.45, 2.75) is 13.5 Å². The highest BCUT2D eigenvalue weighted by molar-refractivity contribution is 5.94. The fourth-order valence-corrected chi connectivity index (χ4v) is 2.06. The lowest BCUT2D eigenvalue weighted by molar-refractivity contribution is 0.0698. The average Bonchev–Trinajstić information content (AvgIpc) is 2.45. The Kier molecular flexibility index (Phi) is 4.25. The summed E-state index contributed by atoms with van der Waals surface area (Å²) in [4.78, 5) is 11.1. The molecule has 0 aliphatic carbocycles. The van der Waals surface area contributed by atoms with Crippen molar-refractivity contribution in [3.63, 3.8) is 0 Å². The molecule has 0 amide bonds. The minimum Gasteiger partial charge on any atom is -0.496 e. The monoisotopic (exact) mass is 271 g/mol. The maximum Gasteiger partial charge on any atom is 0.337 e. The third kappa shape index (κ3) is 3.09. The highest BCUT2D eigenvalue weighted by Crippen LogP contribution is 2.22. The van der Waals surface area contributed by atoms with Gasteiger partial charge in [0.05, 0.1) is 12.7 Å². The van der Waals surface area contributed by atoms with E-state index in [0.717, 1.165) is 16.9 Å². The number of hydrogen-bond donors (Lipinski definition) is 2. The van der Waals surface area contributed by atoms with Crippen molar-refractivity contribution in [1.29, 1.82) is 0 Å². The first-order valence-corrected chi connectivity index (χ1v) is 6.31. The predicted octanol–water partition coefficient (Wildman–Crippen LogP) is 3.31. The molecule has 0 aliphatic rings. The summed E-state index contributed by atoms with van der Waals surface area (Å²) in [6.45, 7) is 2.52. The van der Waals surface area contributed by atoms with Gasteiger partial charge in [0.25, 0.3) is 0 Å². The molecule has 4 nitrogen and oxygen atoms in total. The fraction of sp³-hybridized carbons (Fsp3) is 0.188. The number of carbonyl (C=O) groups is 1. The Hall–Kier alpha value is -2.49. The molecule has 0 unspecified atom stereocenters. The van der Waals surface area contributed by atoms with Crippen molar-refractivity contribution in [2.75, 3.05) is 12.4 Å². The zero-order valence-corrected chi connectivity index (χ0v) is 11.5. The molecule has 0 fully saturated rings. The van der Waals surface area contributed by atoms with E-state index < -0.39 is 5.97 Å². The van der Waals surface area contributed by atoms with Crippen LogP contribution in [-0.2, 0) is 6.54 Å². The van der Waals surface area contributed by atoms with Gasteiger partial charge in [-0.05, 0) is 25.1 Å². The van der Waals surface area contributed by atoms with Crippen LogP contribution in [0.3, 0.4) is 0 Å². The van der Waals surface area contributed by atoms with Crippen LogP contribution in [0.15, 0.2) is 42.5 Å². The van der Waals surface area contributed by atoms with E-state index in [4.69, 9.17) is 9.84 Å². The third-order valence-electron chi connectivity index (χ3n) is 3.06. The first-order valence-electron chi connectivity index (χ1n) is 6.31. The number of methoxy groups -OCH3 is 1. The highest BCUT2D eigenvalue weighted by atomic mass is 16.5. The maximum absolute atomic E-state index is 11.1. The summed E-state index contributed by atoms with van der Waals surface area (Å²) in [7, 11) is 1.62. The van der Waals surface area contributed by atoms with Crippen LogP contribution in [0, 0.1) is 6.92 Å². The number of rotatable bonds is 5. The van der Waals surface area contributed by atoms with Crippen LogP contribution in [0.2, 0.25) is 0 Å². The van der Waals surface area contributed by atoms with Crippen molar-refractivity contribution in [1.82, 2.24) is 0 Å². The van der Waals surface area contributed by atoms with Gasteiger partial charge in [0.15, 0.2) is 0 Å². The number of carboxylic acid groups (broad SMARTS) is 1. The van der Waals surface area contributed by atoms with Crippen LogP contribution in [-0.4, -0.2) is 18.2 Å². The van der Waals surface area contributed by atoms with E-state index in [2.05, 4.69) is 5.32 Å². The summed E-state index contributed by atoms with van der Waals surface area (Å²) in [6.07, 6.45) is 0. The molecule has 2 rings (SSSR count). The summed E-state index contributed by atoms with van der Waals surface area (Å²) >= 11 is 0. The van der Waals surface area contributed by atoms with Gasteiger partial charge >= 0.3 is 5.97 Å². The molecule has 0 atom stereocenters. The van der Waals surface area contributed by atoms with Crippen LogP contribution in [0.4, 0.5) is 5.69 Å². The molecule has 0 heterocycles. The summed E-state index contributed by atoms with van der Waals surface area (Å²) in [5.41, 5.74) is 2.99. The largest absolute Gasteiger partial charge is 0.496 e. The molecule has 0 spiro atoms. The Labute approximate surface area is 118 Å². The number of hydrogen-bond acceptors (Lipinski definition) is 3. The Morgan fingerprint density at radius 1 is 1.25 bits per heavy atom. The van der Waals surface area contributed by atoms with Crippen molar-refractivity contribution in [3.05, 3.63) is 59.2 Å². The van der Waals surface area contributed by atoms with Gasteiger partial charge in [-0.3, -0.25) is 0 Å². The van der Waals surface area contributed by atoms with Crippen molar-refractivity contribution in [3.8, 4) is 5.75 Å². The van der Waals surface area contributed by atoms with Gasteiger partial charge < -0.3 is 15.2 Å². The molecule has 2 aromatic carbocycles. The zero-order valence-electron chi connectivity index (χ0n) is 11.5. The molecule has 2 N–H and O–H groups in total. The van der Waals surface area contributed by atoms with Crippen molar-refractivity contribution >= 4 is 11.7 Å². The van der Waals surface area contributed by atoms with Gasteiger partial charge in [-0.2, -0.15) is 0 Å². The Bertz CT molecular complexity index is 623. The Balaban J connectivity index is 2.21. The Morgan fingerprint density at radius 2 is 2.00 bits per heavy atom. The van der Waals surface area contributed by atoms with E-state index in [-0.39, 0.29) is 5.56 Å². The molecule has 0 aromatic heterocycles. The standard InChI is InChI=1S/C16H17NO3/c1-11-7-8-15(20-2)12(9-11)10-17-14-6-4-3-5-13(14)16(18)19/h3-9,17H,10H2,1-2H3,(H,18,19). The lowest BCUT2D eigenvalue weighted by Crippen LogP contribution is -2.07. The molecular weight excluding hydrogens is 254 g/mol. The van der Waals surface area contributed by atoms with Gasteiger partial charge in [0.2, 0.25) is 0 Å². The van der Waals surface area contributed by atoms with Crippen LogP contribution >= 0.6 is 0 Å². The topological polar surface area (TPSA) is 58.6 Å². The maximum atomic E-state index is 11.1. The van der Waals surface area contributed by atoms with Gasteiger partial charge in [-0.25, -0.2) is 4.79 Å². The number of carboxylic acids is 1. The fourth-order valence-electron chi connectivity index (χ4n) is 2.06. The molecule has 0 saturated carbocycles. The number of nitrogens with one attached hydrogen (secondary N) is 1. The normalized spacial score (nSPS) is 10.1. The number of aryl methyl sites for hydroxylation is 1. The smallest absolute Gasteiger partial charge is 0.337 e. The van der Waals surface area contributed by atoms with Gasteiger partial charge in [-0.1, -0.05) is 29.8 Å². The van der Waals surface area contributed by atoms with E-state index in [1.807, 2.05) is 31.2 Å². The molecule has 0 saturated heterocycles. The van der Waals surface area contributed by atoms with E-state index in [9.17, 15) is 4.79 Å². The second-order valence-corrected chi connectivity index (χ2v) is 4.52. The molecule has 0 radical (unpaired) electrons. The number of benzene rings is 2. The van der Waals surface area contributed by atoms with Crippen LogP contribution in [0.25, 0.3) is 0 Å². The van der Waals surface area contributed by atoms with Crippen molar-refractivity contribution < 1.29 is 14.6 Å². The number of para-hydroxylation sites is 1. The molecular formula is C16H17NO3. The van der Waals surface area contributed by atoms with E-state index in [1.54, 1.807) is 25.3 Å². The molecule has 104 valence electrons. The van der Waals surface area contributed by atoms with Gasteiger partial charge in [-0.15, -0.1) is 0 Å². The number of ether oxygens (including phenoxy) is 1. The molecule has 2 aromatic rings.